The third kappa shape index (κ3) is 4.30. The molecule has 2 aliphatic rings. The molecule has 1 aliphatic carbocycles. The van der Waals surface area contributed by atoms with Crippen molar-refractivity contribution in [3.63, 3.8) is 0 Å². The van der Waals surface area contributed by atoms with Gasteiger partial charge in [-0.3, -0.25) is 0 Å². The summed E-state index contributed by atoms with van der Waals surface area (Å²) in [6.07, 6.45) is 5.27. The van der Waals surface area contributed by atoms with Crippen molar-refractivity contribution in [2.45, 2.75) is 25.3 Å². The van der Waals surface area contributed by atoms with Crippen LogP contribution in [-0.4, -0.2) is 39.3 Å². The van der Waals surface area contributed by atoms with Crippen molar-refractivity contribution in [1.29, 1.82) is 0 Å². The maximum Gasteiger partial charge on any atom is 0.193 e. The Morgan fingerprint density at radius 3 is 2.25 bits per heavy atom. The van der Waals surface area contributed by atoms with Gasteiger partial charge >= 0.3 is 0 Å². The van der Waals surface area contributed by atoms with E-state index in [1.165, 1.54) is 5.57 Å². The number of benzene rings is 2. The number of nitrogens with zero attached hydrogens (tertiary/aromatic N) is 1. The fraction of sp³-hybridized carbons (Fsp3) is 0.360. The monoisotopic (exact) mass is 452 g/mol. The lowest BCUT2D eigenvalue weighted by molar-refractivity contribution is 0.353. The first-order valence-corrected chi connectivity index (χ1v) is 11.0. The molecule has 0 bridgehead atoms. The molecule has 1 saturated carbocycles. The lowest BCUT2D eigenvalue weighted by atomic mass is 9.76. The number of ether oxygens (including phenoxy) is 4. The Morgan fingerprint density at radius 1 is 0.906 bits per heavy atom. The second-order valence-electron chi connectivity index (χ2n) is 7.82. The second-order valence-corrected chi connectivity index (χ2v) is 8.21. The molecule has 0 radical (unpaired) electrons. The van der Waals surface area contributed by atoms with Crippen LogP contribution in [0.1, 0.15) is 36.4 Å². The molecule has 0 aromatic heterocycles. The molecule has 2 aromatic rings. The van der Waals surface area contributed by atoms with Crippen molar-refractivity contribution in [2.75, 3.05) is 28.4 Å². The molecule has 0 spiro atoms. The van der Waals surface area contributed by atoms with Gasteiger partial charge in [0.25, 0.3) is 0 Å². The zero-order valence-electron chi connectivity index (χ0n) is 18.8. The van der Waals surface area contributed by atoms with Crippen LogP contribution < -0.4 is 24.3 Å². The Bertz CT molecular complexity index is 1080. The number of nitrogens with one attached hydrogen (secondary N) is 1. The number of methoxy groups -OCH3 is 4. The molecule has 0 saturated heterocycles. The number of hydrogen-bond donors (Lipinski definition) is 1. The van der Waals surface area contributed by atoms with Crippen molar-refractivity contribution < 1.29 is 18.9 Å². The summed E-state index contributed by atoms with van der Waals surface area (Å²) in [5.74, 6) is 3.06. The Balaban J connectivity index is 1.69. The predicted molar refractivity (Wildman–Crippen MR) is 130 cm³/mol. The summed E-state index contributed by atoms with van der Waals surface area (Å²) in [7, 11) is 6.58. The minimum absolute atomic E-state index is 0.0314. The molecule has 1 fully saturated rings. The molecule has 2 aromatic carbocycles. The van der Waals surface area contributed by atoms with Crippen molar-refractivity contribution in [2.24, 2.45) is 10.9 Å². The van der Waals surface area contributed by atoms with Crippen LogP contribution in [-0.2, 0) is 0 Å². The number of rotatable bonds is 6. The summed E-state index contributed by atoms with van der Waals surface area (Å²) in [5, 5.41) is 3.93. The molecule has 2 atom stereocenters. The summed E-state index contributed by atoms with van der Waals surface area (Å²) in [4.78, 5) is 4.77. The first kappa shape index (κ1) is 22.1. The van der Waals surface area contributed by atoms with E-state index in [1.807, 2.05) is 30.3 Å². The number of allylic oxidation sites excluding steroid dienone is 1. The van der Waals surface area contributed by atoms with Gasteiger partial charge in [0.15, 0.2) is 28.1 Å². The molecule has 1 N–H and O–H groups in total. The van der Waals surface area contributed by atoms with E-state index in [4.69, 9.17) is 36.2 Å². The van der Waals surface area contributed by atoms with Crippen molar-refractivity contribution in [3.05, 3.63) is 53.1 Å². The summed E-state index contributed by atoms with van der Waals surface area (Å²) < 4.78 is 21.8. The molecule has 2 unspecified atom stereocenters. The molecule has 1 heterocycles. The van der Waals surface area contributed by atoms with Crippen LogP contribution in [0.4, 0.5) is 0 Å². The Morgan fingerprint density at radius 2 is 1.56 bits per heavy atom. The first-order valence-electron chi connectivity index (χ1n) is 10.6. The highest BCUT2D eigenvalue weighted by Crippen LogP contribution is 2.41. The summed E-state index contributed by atoms with van der Waals surface area (Å²) in [5.41, 5.74) is 4.43. The van der Waals surface area contributed by atoms with Crippen molar-refractivity contribution in [1.82, 2.24) is 5.32 Å². The average molecular weight is 453 g/mol. The highest BCUT2D eigenvalue weighted by Gasteiger charge is 2.36. The fourth-order valence-electron chi connectivity index (χ4n) is 4.52. The standard InChI is InChI=1S/C25H28N2O4S/c1-28-19-10-8-15(13-21(19)30-3)12-16-6-5-7-18-23(16)26-25(32)27-24(18)17-9-11-20(29-2)22(14-17)31-4/h8-14,18,24H,5-7H2,1-4H3,(H,27,32)/b16-12+. The SMILES string of the molecule is COc1ccc(/C=C2\CCCC3C2=NC(=S)NC3c2ccc(OC)c(OC)c2)cc1OC. The first-order chi connectivity index (χ1) is 15.6. The van der Waals surface area contributed by atoms with E-state index in [-0.39, 0.29) is 12.0 Å². The van der Waals surface area contributed by atoms with Crippen LogP contribution in [0, 0.1) is 5.92 Å². The van der Waals surface area contributed by atoms with Crippen LogP contribution in [0.2, 0.25) is 0 Å². The second kappa shape index (κ2) is 9.61. The minimum atomic E-state index is 0.0314. The van der Waals surface area contributed by atoms with E-state index in [9.17, 15) is 0 Å². The molecule has 32 heavy (non-hydrogen) atoms. The summed E-state index contributed by atoms with van der Waals surface area (Å²) >= 11 is 5.53. The molecule has 7 heteroatoms. The number of fused-ring (bicyclic) bond motifs is 1. The molecular weight excluding hydrogens is 424 g/mol. The van der Waals surface area contributed by atoms with E-state index < -0.39 is 0 Å². The van der Waals surface area contributed by atoms with Gasteiger partial charge in [-0.25, -0.2) is 4.99 Å². The van der Waals surface area contributed by atoms with Crippen molar-refractivity contribution >= 4 is 29.1 Å². The van der Waals surface area contributed by atoms with Gasteiger partial charge in [-0.1, -0.05) is 12.1 Å². The van der Waals surface area contributed by atoms with Crippen LogP contribution in [0.3, 0.4) is 0 Å². The third-order valence-corrected chi connectivity index (χ3v) is 6.27. The lowest BCUT2D eigenvalue weighted by Gasteiger charge is -2.37. The topological polar surface area (TPSA) is 61.3 Å². The van der Waals surface area contributed by atoms with Gasteiger partial charge in [-0.2, -0.15) is 0 Å². The minimum Gasteiger partial charge on any atom is -0.493 e. The van der Waals surface area contributed by atoms with Crippen LogP contribution >= 0.6 is 12.2 Å². The zero-order valence-corrected chi connectivity index (χ0v) is 19.6. The average Bonchev–Trinajstić information content (AvgIpc) is 2.83. The zero-order chi connectivity index (χ0) is 22.7. The van der Waals surface area contributed by atoms with Crippen LogP contribution in [0.15, 0.2) is 47.0 Å². The maximum absolute atomic E-state index is 5.53. The van der Waals surface area contributed by atoms with Gasteiger partial charge in [0.1, 0.15) is 0 Å². The summed E-state index contributed by atoms with van der Waals surface area (Å²) in [6.45, 7) is 0. The Hall–Kier alpha value is -3.06. The molecular formula is C25H28N2O4S. The van der Waals surface area contributed by atoms with E-state index >= 15 is 0 Å². The largest absolute Gasteiger partial charge is 0.493 e. The molecule has 4 rings (SSSR count). The summed E-state index contributed by atoms with van der Waals surface area (Å²) in [6, 6.07) is 12.0. The fourth-order valence-corrected chi connectivity index (χ4v) is 4.75. The highest BCUT2D eigenvalue weighted by atomic mass is 32.1. The van der Waals surface area contributed by atoms with Gasteiger partial charge in [0, 0.05) is 5.92 Å². The van der Waals surface area contributed by atoms with Gasteiger partial charge in [-0.05, 0) is 78.5 Å². The van der Waals surface area contributed by atoms with Crippen LogP contribution in [0.25, 0.3) is 6.08 Å². The normalized spacial score (nSPS) is 21.3. The molecule has 6 nitrogen and oxygen atoms in total. The Kier molecular flexibility index (Phi) is 6.65. The van der Waals surface area contributed by atoms with Gasteiger partial charge < -0.3 is 24.3 Å². The molecule has 168 valence electrons. The highest BCUT2D eigenvalue weighted by molar-refractivity contribution is 7.80. The van der Waals surface area contributed by atoms with Crippen LogP contribution in [0.5, 0.6) is 23.0 Å². The number of hydrogen-bond acceptors (Lipinski definition) is 5. The quantitative estimate of drug-likeness (QED) is 0.624. The molecule has 1 aliphatic heterocycles. The maximum atomic E-state index is 5.53. The number of aliphatic imine (C=N–C) groups is 1. The van der Waals surface area contributed by atoms with Gasteiger partial charge in [0.05, 0.1) is 40.2 Å². The molecule has 0 amide bonds. The van der Waals surface area contributed by atoms with Crippen molar-refractivity contribution in [3.8, 4) is 23.0 Å². The van der Waals surface area contributed by atoms with E-state index in [0.29, 0.717) is 28.1 Å². The third-order valence-electron chi connectivity index (χ3n) is 6.06. The Labute approximate surface area is 194 Å². The van der Waals surface area contributed by atoms with E-state index in [1.54, 1.807) is 28.4 Å². The van der Waals surface area contributed by atoms with Gasteiger partial charge in [-0.15, -0.1) is 0 Å². The number of thiocarbonyl (C=S) groups is 1. The predicted octanol–water partition coefficient (Wildman–Crippen LogP) is 4.97. The van der Waals surface area contributed by atoms with E-state index in [2.05, 4.69) is 17.5 Å². The lowest BCUT2D eigenvalue weighted by Crippen LogP contribution is -2.42. The van der Waals surface area contributed by atoms with E-state index in [0.717, 1.165) is 36.1 Å². The van der Waals surface area contributed by atoms with Gasteiger partial charge in [0.2, 0.25) is 0 Å². The smallest absolute Gasteiger partial charge is 0.193 e.